The summed E-state index contributed by atoms with van der Waals surface area (Å²) < 4.78 is 11.6. The summed E-state index contributed by atoms with van der Waals surface area (Å²) in [6, 6.07) is 35.0. The number of fused-ring (bicyclic) bond motifs is 16. The van der Waals surface area contributed by atoms with Crippen LogP contribution in [0.3, 0.4) is 0 Å². The van der Waals surface area contributed by atoms with Gasteiger partial charge in [0.15, 0.2) is 0 Å². The predicted octanol–water partition coefficient (Wildman–Crippen LogP) is 9.67. The molecule has 0 unspecified atom stereocenters. The van der Waals surface area contributed by atoms with Crippen molar-refractivity contribution in [2.24, 2.45) is 0 Å². The number of nitrogens with zero attached hydrogens (tertiary/aromatic N) is 1. The van der Waals surface area contributed by atoms with Crippen molar-refractivity contribution in [2.75, 3.05) is 0 Å². The molecule has 162 valence electrons. The third kappa shape index (κ3) is 2.15. The van der Waals surface area contributed by atoms with Crippen LogP contribution < -0.4 is 0 Å². The van der Waals surface area contributed by atoms with Gasteiger partial charge in [0.25, 0.3) is 0 Å². The molecule has 4 heterocycles. The summed E-state index contributed by atoms with van der Waals surface area (Å²) in [6.07, 6.45) is 2.31. The van der Waals surface area contributed by atoms with Crippen LogP contribution in [0.25, 0.3) is 80.1 Å². The summed E-state index contributed by atoms with van der Waals surface area (Å²) in [5.74, 6) is 0. The molecule has 2 nitrogen and oxygen atoms in total. The van der Waals surface area contributed by atoms with Gasteiger partial charge in [0, 0.05) is 53.3 Å². The molecule has 0 aliphatic carbocycles. The van der Waals surface area contributed by atoms with Gasteiger partial charge in [0.1, 0.15) is 11.2 Å². The van der Waals surface area contributed by atoms with Crippen LogP contribution in [-0.2, 0) is 0 Å². The zero-order valence-electron chi connectivity index (χ0n) is 18.6. The van der Waals surface area contributed by atoms with Crippen molar-refractivity contribution in [1.29, 1.82) is 0 Å². The Morgan fingerprint density at radius 2 is 1.23 bits per heavy atom. The molecule has 0 saturated carbocycles. The van der Waals surface area contributed by atoms with Crippen LogP contribution in [0.4, 0.5) is 0 Å². The van der Waals surface area contributed by atoms with Crippen LogP contribution in [0.1, 0.15) is 0 Å². The third-order valence-corrected chi connectivity index (χ3v) is 8.69. The molecule has 0 atom stereocenters. The number of hydrogen-bond donors (Lipinski definition) is 0. The largest absolute Gasteiger partial charge is 0.455 e. The van der Waals surface area contributed by atoms with Gasteiger partial charge in [-0.05, 0) is 29.7 Å². The molecule has 5 aromatic carbocycles. The molecule has 0 radical (unpaired) electrons. The van der Waals surface area contributed by atoms with Gasteiger partial charge in [-0.3, -0.25) is 0 Å². The molecular formula is C32H17NOS. The summed E-state index contributed by atoms with van der Waals surface area (Å²) in [5.41, 5.74) is 4.39. The quantitative estimate of drug-likeness (QED) is 0.205. The summed E-state index contributed by atoms with van der Waals surface area (Å²) in [6.45, 7) is 0. The minimum absolute atomic E-state index is 0.934. The van der Waals surface area contributed by atoms with Crippen molar-refractivity contribution >= 4 is 91.4 Å². The van der Waals surface area contributed by atoms with E-state index in [1.54, 1.807) is 0 Å². The van der Waals surface area contributed by atoms with Gasteiger partial charge in [-0.1, -0.05) is 72.8 Å². The number of hydrogen-bond acceptors (Lipinski definition) is 2. The average molecular weight is 464 g/mol. The van der Waals surface area contributed by atoms with Gasteiger partial charge in [0.05, 0.1) is 16.4 Å². The van der Waals surface area contributed by atoms with Crippen molar-refractivity contribution in [3.63, 3.8) is 0 Å². The lowest BCUT2D eigenvalue weighted by Crippen LogP contribution is -1.91. The number of aromatic nitrogens is 1. The maximum Gasteiger partial charge on any atom is 0.145 e. The third-order valence-electron chi connectivity index (χ3n) is 7.56. The second kappa shape index (κ2) is 6.21. The van der Waals surface area contributed by atoms with Crippen molar-refractivity contribution in [3.8, 4) is 0 Å². The smallest absolute Gasteiger partial charge is 0.145 e. The SMILES string of the molecule is c1ccc2c(c1)cn1c3c(ccc4sc5ccccc5c43)c3ccc4c5ccccc5oc4c3c21. The molecule has 0 amide bonds. The molecule has 0 aliphatic rings. The van der Waals surface area contributed by atoms with Crippen molar-refractivity contribution in [3.05, 3.63) is 103 Å². The molecule has 35 heavy (non-hydrogen) atoms. The highest BCUT2D eigenvalue weighted by molar-refractivity contribution is 7.26. The van der Waals surface area contributed by atoms with E-state index in [1.165, 1.54) is 63.5 Å². The number of furan rings is 1. The van der Waals surface area contributed by atoms with E-state index in [2.05, 4.69) is 102 Å². The highest BCUT2D eigenvalue weighted by Gasteiger charge is 2.20. The lowest BCUT2D eigenvalue weighted by Gasteiger charge is -2.12. The van der Waals surface area contributed by atoms with Crippen LogP contribution >= 0.6 is 11.3 Å². The van der Waals surface area contributed by atoms with Crippen LogP contribution in [0, 0.1) is 0 Å². The molecule has 0 saturated heterocycles. The van der Waals surface area contributed by atoms with Crippen molar-refractivity contribution in [1.82, 2.24) is 4.40 Å². The molecular weight excluding hydrogens is 446 g/mol. The first-order valence-electron chi connectivity index (χ1n) is 11.9. The normalized spacial score (nSPS) is 12.6. The van der Waals surface area contributed by atoms with Gasteiger partial charge < -0.3 is 8.82 Å². The number of thiophene rings is 1. The molecule has 0 aliphatic heterocycles. The highest BCUT2D eigenvalue weighted by Crippen LogP contribution is 2.45. The van der Waals surface area contributed by atoms with E-state index in [1.807, 2.05) is 17.4 Å². The van der Waals surface area contributed by atoms with E-state index in [4.69, 9.17) is 4.42 Å². The van der Waals surface area contributed by atoms with Gasteiger partial charge in [0.2, 0.25) is 0 Å². The molecule has 0 N–H and O–H groups in total. The minimum Gasteiger partial charge on any atom is -0.455 e. The fourth-order valence-corrected chi connectivity index (χ4v) is 7.21. The van der Waals surface area contributed by atoms with Crippen LogP contribution in [0.5, 0.6) is 0 Å². The summed E-state index contributed by atoms with van der Waals surface area (Å²) in [5, 5.41) is 11.2. The van der Waals surface area contributed by atoms with E-state index in [-0.39, 0.29) is 0 Å². The monoisotopic (exact) mass is 463 g/mol. The fourth-order valence-electron chi connectivity index (χ4n) is 6.10. The first-order chi connectivity index (χ1) is 17.4. The molecule has 0 bridgehead atoms. The van der Waals surface area contributed by atoms with Gasteiger partial charge in [-0.2, -0.15) is 0 Å². The Hall–Kier alpha value is -4.34. The topological polar surface area (TPSA) is 17.6 Å². The Labute approximate surface area is 203 Å². The number of rotatable bonds is 0. The maximum atomic E-state index is 6.57. The Bertz CT molecular complexity index is 2330. The molecule has 4 aromatic heterocycles. The summed E-state index contributed by atoms with van der Waals surface area (Å²) in [4.78, 5) is 0. The van der Waals surface area contributed by atoms with Gasteiger partial charge in [-0.15, -0.1) is 11.3 Å². The Morgan fingerprint density at radius 3 is 2.17 bits per heavy atom. The average Bonchev–Trinajstić information content (AvgIpc) is 3.59. The van der Waals surface area contributed by atoms with E-state index >= 15 is 0 Å². The molecule has 3 heteroatoms. The van der Waals surface area contributed by atoms with Crippen LogP contribution in [-0.4, -0.2) is 4.40 Å². The molecule has 0 fully saturated rings. The highest BCUT2D eigenvalue weighted by atomic mass is 32.1. The first-order valence-corrected chi connectivity index (χ1v) is 12.7. The van der Waals surface area contributed by atoms with Crippen molar-refractivity contribution in [2.45, 2.75) is 0 Å². The Kier molecular flexibility index (Phi) is 3.20. The fraction of sp³-hybridized carbons (Fsp3) is 0. The second-order valence-electron chi connectivity index (χ2n) is 9.33. The summed E-state index contributed by atoms with van der Waals surface area (Å²) in [7, 11) is 0. The second-order valence-corrected chi connectivity index (χ2v) is 10.4. The Balaban J connectivity index is 1.67. The zero-order chi connectivity index (χ0) is 22.7. The van der Waals surface area contributed by atoms with E-state index in [0.29, 0.717) is 0 Å². The number of para-hydroxylation sites is 1. The zero-order valence-corrected chi connectivity index (χ0v) is 19.4. The Morgan fingerprint density at radius 1 is 0.514 bits per heavy atom. The molecule has 9 rings (SSSR count). The number of benzene rings is 5. The standard InChI is InChI=1S/C32H17NOS/c1-2-8-19-18(7-1)17-33-30(19)29-21(13-14-23-20-9-3-5-11-25(20)34-32(23)29)22-15-16-27-28(31(22)33)24-10-4-6-12-26(24)35-27/h1-17H. The lowest BCUT2D eigenvalue weighted by atomic mass is 9.99. The lowest BCUT2D eigenvalue weighted by molar-refractivity contribution is 0.673. The summed E-state index contributed by atoms with van der Waals surface area (Å²) >= 11 is 1.87. The van der Waals surface area contributed by atoms with Crippen LogP contribution in [0.2, 0.25) is 0 Å². The van der Waals surface area contributed by atoms with E-state index < -0.39 is 0 Å². The van der Waals surface area contributed by atoms with E-state index in [0.717, 1.165) is 16.6 Å². The van der Waals surface area contributed by atoms with Gasteiger partial charge >= 0.3 is 0 Å². The molecule has 0 spiro atoms. The maximum absolute atomic E-state index is 6.57. The first kappa shape index (κ1) is 18.0. The molecule has 9 aromatic rings. The van der Waals surface area contributed by atoms with Crippen LogP contribution in [0.15, 0.2) is 108 Å². The number of pyridine rings is 1. The predicted molar refractivity (Wildman–Crippen MR) is 150 cm³/mol. The van der Waals surface area contributed by atoms with E-state index in [9.17, 15) is 0 Å². The van der Waals surface area contributed by atoms with Crippen molar-refractivity contribution < 1.29 is 4.42 Å². The van der Waals surface area contributed by atoms with Gasteiger partial charge in [-0.25, -0.2) is 0 Å². The minimum atomic E-state index is 0.934.